The number of anilines is 1. The zero-order valence-electron chi connectivity index (χ0n) is 40.4. The van der Waals surface area contributed by atoms with Gasteiger partial charge in [0.2, 0.25) is 0 Å². The molecule has 8 bridgehead atoms. The van der Waals surface area contributed by atoms with Crippen molar-refractivity contribution in [3.8, 4) is 33.8 Å². The second kappa shape index (κ2) is 19.3. The molecule has 0 aliphatic heterocycles. The van der Waals surface area contributed by atoms with Crippen molar-refractivity contribution in [2.75, 3.05) is 26.2 Å². The van der Waals surface area contributed by atoms with Crippen LogP contribution in [0.15, 0.2) is 72.8 Å². The van der Waals surface area contributed by atoms with Crippen molar-refractivity contribution in [1.82, 2.24) is 0 Å². The van der Waals surface area contributed by atoms with Crippen molar-refractivity contribution in [3.63, 3.8) is 0 Å². The molecule has 9 heteroatoms. The first-order valence-electron chi connectivity index (χ1n) is 24.5. The summed E-state index contributed by atoms with van der Waals surface area (Å²) in [6.45, 7) is 14.4. The zero-order chi connectivity index (χ0) is 46.6. The fraction of sp³-hybridized carbons (Fsp3) is 0.571. The molecule has 0 atom stereocenters. The molecule has 0 saturated heterocycles. The summed E-state index contributed by atoms with van der Waals surface area (Å²) in [4.78, 5) is 0. The first kappa shape index (κ1) is 48.7. The molecular formula is C56H75NO5PPdS. The van der Waals surface area contributed by atoms with Crippen molar-refractivity contribution in [3.05, 3.63) is 89.5 Å². The van der Waals surface area contributed by atoms with E-state index < -0.39 is 18.0 Å². The fourth-order valence-corrected chi connectivity index (χ4v) is 20.6. The van der Waals surface area contributed by atoms with Gasteiger partial charge in [-0.05, 0) is 175 Å². The van der Waals surface area contributed by atoms with Crippen molar-refractivity contribution in [1.29, 1.82) is 0 Å². The Kier molecular flexibility index (Phi) is 14.5. The molecule has 355 valence electrons. The Hall–Kier alpha value is -2.72. The number of hydrogen-bond acceptors (Lipinski definition) is 5. The van der Waals surface area contributed by atoms with E-state index in [-0.39, 0.29) is 0 Å². The third-order valence-electron chi connectivity index (χ3n) is 16.2. The van der Waals surface area contributed by atoms with Crippen LogP contribution in [0.5, 0.6) is 11.5 Å². The molecule has 8 aliphatic carbocycles. The van der Waals surface area contributed by atoms with Gasteiger partial charge in [-0.1, -0.05) is 61.6 Å². The van der Waals surface area contributed by atoms with E-state index in [9.17, 15) is 8.42 Å². The molecule has 0 radical (unpaired) electrons. The van der Waals surface area contributed by atoms with Crippen molar-refractivity contribution < 1.29 is 41.6 Å². The van der Waals surface area contributed by atoms with Gasteiger partial charge in [-0.25, -0.2) is 0 Å². The molecule has 0 heterocycles. The van der Waals surface area contributed by atoms with E-state index in [0.717, 1.165) is 62.1 Å². The van der Waals surface area contributed by atoms with E-state index in [4.69, 9.17) is 19.8 Å². The third kappa shape index (κ3) is 10.1. The van der Waals surface area contributed by atoms with E-state index in [1.54, 1.807) is 5.30 Å². The van der Waals surface area contributed by atoms with Crippen LogP contribution in [0.4, 0.5) is 5.69 Å². The van der Waals surface area contributed by atoms with Crippen LogP contribution in [0, 0.1) is 35.5 Å². The molecule has 6 nitrogen and oxygen atoms in total. The van der Waals surface area contributed by atoms with Gasteiger partial charge in [0, 0.05) is 10.9 Å². The molecule has 0 aromatic heterocycles. The van der Waals surface area contributed by atoms with E-state index >= 15 is 0 Å². The van der Waals surface area contributed by atoms with Crippen LogP contribution < -0.4 is 24.5 Å². The maximum absolute atomic E-state index is 9.19. The number of benzene rings is 4. The Morgan fingerprint density at radius 1 is 0.615 bits per heavy atom. The van der Waals surface area contributed by atoms with Crippen LogP contribution in [0.1, 0.15) is 153 Å². The van der Waals surface area contributed by atoms with Gasteiger partial charge in [0.1, 0.15) is 11.5 Å². The molecule has 8 fully saturated rings. The normalized spacial score (nSPS) is 28.8. The van der Waals surface area contributed by atoms with Crippen molar-refractivity contribution in [2.45, 2.75) is 147 Å². The van der Waals surface area contributed by atoms with E-state index in [0.29, 0.717) is 34.3 Å². The predicted molar refractivity (Wildman–Crippen MR) is 269 cm³/mol. The first-order chi connectivity index (χ1) is 30.8. The van der Waals surface area contributed by atoms with Gasteiger partial charge in [-0.15, -0.1) is 0 Å². The summed E-state index contributed by atoms with van der Waals surface area (Å²) in [5, 5.41) is 2.54. The standard InChI is InChI=1S/C43H61O2P.C12H10N.CH4O3S.Pd/c1-25(2)34-17-35(26(3)4)39(36(18-34)27(5)6)40-37(44-7)9-10-38(45-8)41(40)46(42-19-28-11-29(20-42)13-30(12-28)21-42)43-22-31-14-32(23-43)16-33(15-31)24-43;13-12-9-5-4-8-11(12)10-6-2-1-3-7-10;1-5(2,3)4;/h9-10,17-18,25-33H,11-16,19-24H2,1-8H3;1-6,8-9H,13H2;1H3,(H,2,3,4);. The van der Waals surface area contributed by atoms with Crippen LogP contribution in [-0.4, -0.2) is 43.8 Å². The van der Waals surface area contributed by atoms with Gasteiger partial charge in [0.15, 0.2) is 0 Å². The molecule has 12 rings (SSSR count). The van der Waals surface area contributed by atoms with Crippen LogP contribution >= 0.6 is 7.92 Å². The Bertz CT molecular complexity index is 2270. The van der Waals surface area contributed by atoms with Crippen LogP contribution in [0.2, 0.25) is 0 Å². The molecule has 0 unspecified atom stereocenters. The summed E-state index contributed by atoms with van der Waals surface area (Å²) < 4.78 is 40.1. The maximum atomic E-state index is 9.19. The van der Waals surface area contributed by atoms with E-state index in [1.807, 2.05) is 56.7 Å². The summed E-state index contributed by atoms with van der Waals surface area (Å²) in [7, 11) is -0.253. The average molecular weight is 1010 g/mol. The number of methoxy groups -OCH3 is 2. The zero-order valence-corrected chi connectivity index (χ0v) is 43.7. The first-order valence-corrected chi connectivity index (χ1v) is 28.5. The van der Waals surface area contributed by atoms with Gasteiger partial charge in [-0.2, -0.15) is 8.42 Å². The molecule has 4 aromatic rings. The number of hydrogen-bond donors (Lipinski definition) is 2. The number of para-hydroxylation sites is 1. The number of nitrogen functional groups attached to an aromatic ring is 1. The van der Waals surface area contributed by atoms with E-state index in [1.165, 1.54) is 111 Å². The SMILES string of the molecule is COc1ccc(OC)c(P(C23CC4CC(CC(C4)C2)C3)C23CC4CC(CC(C4)C2)C3)c1-c1c(C(C)C)cc(C(C)C)cc1C(C)C.CS(=O)(=O)O.Nc1ccccc1-c1cccc[c]1[Pd]. The molecule has 3 N–H and O–H groups in total. The molecular weight excluding hydrogens is 936 g/mol. The molecule has 8 saturated carbocycles. The summed E-state index contributed by atoms with van der Waals surface area (Å²) in [6, 6.07) is 25.7. The quantitative estimate of drug-likeness (QED) is 0.0711. The summed E-state index contributed by atoms with van der Waals surface area (Å²) in [6.07, 6.45) is 18.7. The van der Waals surface area contributed by atoms with Gasteiger partial charge < -0.3 is 9.47 Å². The monoisotopic (exact) mass is 1010 g/mol. The van der Waals surface area contributed by atoms with Crippen molar-refractivity contribution in [2.24, 2.45) is 35.5 Å². The minimum absolute atomic E-state index is 0.431. The van der Waals surface area contributed by atoms with Crippen LogP contribution in [0.25, 0.3) is 22.3 Å². The van der Waals surface area contributed by atoms with Gasteiger partial charge in [0.05, 0.1) is 20.5 Å². The summed E-state index contributed by atoms with van der Waals surface area (Å²) in [5.74, 6) is 9.33. The molecule has 0 amide bonds. The van der Waals surface area contributed by atoms with Gasteiger partial charge in [-0.3, -0.25) is 4.55 Å². The summed E-state index contributed by atoms with van der Waals surface area (Å²) in [5.41, 5.74) is 16.4. The Morgan fingerprint density at radius 3 is 1.37 bits per heavy atom. The molecule has 8 aliphatic rings. The number of ether oxygens (including phenoxy) is 2. The second-order valence-electron chi connectivity index (χ2n) is 22.1. The number of nitrogens with two attached hydrogens (primary N) is 1. The molecule has 0 spiro atoms. The Morgan fingerprint density at radius 2 is 1.00 bits per heavy atom. The summed E-state index contributed by atoms with van der Waals surface area (Å²) >= 11 is 3.23. The predicted octanol–water partition coefficient (Wildman–Crippen LogP) is 13.4. The van der Waals surface area contributed by atoms with E-state index in [2.05, 4.69) is 91.1 Å². The second-order valence-corrected chi connectivity index (χ2v) is 27.4. The van der Waals surface area contributed by atoms with Crippen molar-refractivity contribution >= 4 is 33.1 Å². The minimum atomic E-state index is -3.67. The van der Waals surface area contributed by atoms with Crippen LogP contribution in [-0.2, 0) is 29.3 Å². The molecule has 65 heavy (non-hydrogen) atoms. The topological polar surface area (TPSA) is 98.8 Å². The average Bonchev–Trinajstić information content (AvgIpc) is 3.22. The Labute approximate surface area is 403 Å². The Balaban J connectivity index is 0.000000252. The fourth-order valence-electron chi connectivity index (χ4n) is 14.7. The van der Waals surface area contributed by atoms with Gasteiger partial charge >= 0.3 is 94.3 Å². The number of rotatable bonds is 10. The van der Waals surface area contributed by atoms with Gasteiger partial charge in [0.25, 0.3) is 10.1 Å². The van der Waals surface area contributed by atoms with Crippen LogP contribution in [0.3, 0.4) is 0 Å². The molecule has 4 aromatic carbocycles. The third-order valence-corrected chi connectivity index (χ3v) is 20.8.